The number of nitrogens with zero attached hydrogens (tertiary/aromatic N) is 2. The predicted molar refractivity (Wildman–Crippen MR) is 103 cm³/mol. The van der Waals surface area contributed by atoms with Crippen molar-refractivity contribution in [2.24, 2.45) is 5.92 Å². The highest BCUT2D eigenvalue weighted by atomic mass is 32.2. The third kappa shape index (κ3) is 8.83. The Labute approximate surface area is 166 Å². The number of unbranched alkanes of at least 4 members (excludes halogenated alkanes) is 1. The summed E-state index contributed by atoms with van der Waals surface area (Å²) in [6.07, 6.45) is 5.63. The van der Waals surface area contributed by atoms with Crippen molar-refractivity contribution in [2.75, 3.05) is 12.8 Å². The van der Waals surface area contributed by atoms with Gasteiger partial charge in [0.05, 0.1) is 18.0 Å². The molecule has 0 saturated carbocycles. The van der Waals surface area contributed by atoms with Gasteiger partial charge in [0.25, 0.3) is 0 Å². The van der Waals surface area contributed by atoms with Crippen LogP contribution in [0.5, 0.6) is 0 Å². The molecule has 2 atom stereocenters. The van der Waals surface area contributed by atoms with Crippen LogP contribution in [-0.4, -0.2) is 56.3 Å². The van der Waals surface area contributed by atoms with E-state index < -0.39 is 35.6 Å². The molecule has 0 radical (unpaired) electrons. The van der Waals surface area contributed by atoms with Gasteiger partial charge in [0, 0.05) is 24.0 Å². The van der Waals surface area contributed by atoms with Crippen LogP contribution in [-0.2, 0) is 25.6 Å². The number of carboxylic acids is 1. The molecule has 10 heteroatoms. The van der Waals surface area contributed by atoms with Crippen molar-refractivity contribution in [1.29, 1.82) is 0 Å². The Morgan fingerprint density at radius 2 is 1.93 bits per heavy atom. The van der Waals surface area contributed by atoms with Gasteiger partial charge in [0.2, 0.25) is 11.8 Å². The molecule has 152 valence electrons. The van der Waals surface area contributed by atoms with Crippen LogP contribution in [0.1, 0.15) is 38.7 Å². The van der Waals surface area contributed by atoms with Gasteiger partial charge in [0.15, 0.2) is 0 Å². The van der Waals surface area contributed by atoms with Crippen LogP contribution >= 0.6 is 0 Å². The first-order chi connectivity index (χ1) is 13.2. The topological polar surface area (TPSA) is 144 Å². The summed E-state index contributed by atoms with van der Waals surface area (Å²) in [7, 11) is 0. The largest absolute Gasteiger partial charge is 0.609 e. The molecule has 0 saturated heterocycles. The second-order valence-corrected chi connectivity index (χ2v) is 7.54. The highest BCUT2D eigenvalue weighted by Crippen LogP contribution is 2.04. The van der Waals surface area contributed by atoms with Crippen molar-refractivity contribution < 1.29 is 24.0 Å². The Hall–Kier alpha value is -2.64. The lowest BCUT2D eigenvalue weighted by Crippen LogP contribution is -2.50. The van der Waals surface area contributed by atoms with E-state index in [-0.39, 0.29) is 23.4 Å². The van der Waals surface area contributed by atoms with Gasteiger partial charge < -0.3 is 20.3 Å². The first kappa shape index (κ1) is 23.4. The van der Waals surface area contributed by atoms with Crippen molar-refractivity contribution in [1.82, 2.24) is 20.6 Å². The average molecular weight is 408 g/mol. The molecule has 0 aliphatic rings. The first-order valence-corrected chi connectivity index (χ1v) is 10.2. The molecule has 0 aliphatic heterocycles. The Balaban J connectivity index is 2.42. The molecule has 3 N–H and O–H groups in total. The zero-order valence-electron chi connectivity index (χ0n) is 16.0. The van der Waals surface area contributed by atoms with Crippen LogP contribution in [0.15, 0.2) is 17.6 Å². The smallest absolute Gasteiger partial charge is 0.342 e. The molecule has 0 bridgehead atoms. The van der Waals surface area contributed by atoms with E-state index in [0.29, 0.717) is 18.4 Å². The maximum absolute atomic E-state index is 12.0. The van der Waals surface area contributed by atoms with Crippen LogP contribution in [0.4, 0.5) is 0 Å². The summed E-state index contributed by atoms with van der Waals surface area (Å²) < 4.78 is 11.2. The van der Waals surface area contributed by atoms with Crippen LogP contribution in [0.25, 0.3) is 0 Å². The van der Waals surface area contributed by atoms with Crippen molar-refractivity contribution in [3.05, 3.63) is 18.0 Å². The summed E-state index contributed by atoms with van der Waals surface area (Å²) in [5.41, 5.74) is 0.591. The number of aromatic nitrogens is 2. The van der Waals surface area contributed by atoms with Crippen LogP contribution in [0.2, 0.25) is 0 Å². The van der Waals surface area contributed by atoms with E-state index >= 15 is 0 Å². The third-order valence-corrected chi connectivity index (χ3v) is 4.23. The number of carboxylic acid groups (broad SMARTS) is 1. The number of aliphatic carboxylic acids is 1. The summed E-state index contributed by atoms with van der Waals surface area (Å²) in [4.78, 5) is 42.4. The quantitative estimate of drug-likeness (QED) is 0.227. The van der Waals surface area contributed by atoms with Gasteiger partial charge in [-0.25, -0.2) is 0 Å². The molecule has 9 nitrogen and oxygen atoms in total. The number of carbonyl (C=O) groups excluding carboxylic acids is 2. The monoisotopic (exact) mass is 408 g/mol. The normalized spacial score (nSPS) is 12.5. The number of amides is 2. The Bertz CT molecular complexity index is 741. The van der Waals surface area contributed by atoms with E-state index in [1.165, 1.54) is 18.6 Å². The van der Waals surface area contributed by atoms with E-state index in [1.54, 1.807) is 13.8 Å². The van der Waals surface area contributed by atoms with Gasteiger partial charge >= 0.3 is 11.1 Å². The molecule has 28 heavy (non-hydrogen) atoms. The lowest BCUT2D eigenvalue weighted by molar-refractivity contribution is -0.138. The highest BCUT2D eigenvalue weighted by Gasteiger charge is 2.24. The van der Waals surface area contributed by atoms with Gasteiger partial charge in [-0.2, -0.15) is 9.97 Å². The SMILES string of the molecule is CC(C)C(NC(=O)CCCC#Cc1cnc([S+](C)[O-])nc1)C(=O)NCC(=O)O. The Morgan fingerprint density at radius 3 is 2.46 bits per heavy atom. The van der Waals surface area contributed by atoms with Crippen molar-refractivity contribution in [2.45, 2.75) is 44.3 Å². The molecule has 0 aliphatic carbocycles. The number of rotatable bonds is 9. The molecule has 0 aromatic carbocycles. The number of hydrogen-bond donors (Lipinski definition) is 3. The maximum atomic E-state index is 12.0. The predicted octanol–water partition coefficient (Wildman–Crippen LogP) is 0.0774. The van der Waals surface area contributed by atoms with Crippen LogP contribution in [0, 0.1) is 17.8 Å². The molecule has 0 fully saturated rings. The molecule has 1 rings (SSSR count). The fourth-order valence-corrected chi connectivity index (χ4v) is 2.49. The number of nitrogens with one attached hydrogen (secondary N) is 2. The molecule has 1 aromatic rings. The Kier molecular flexibility index (Phi) is 9.98. The molecular formula is C18H24N4O5S. The van der Waals surface area contributed by atoms with E-state index in [4.69, 9.17) is 5.11 Å². The van der Waals surface area contributed by atoms with Crippen molar-refractivity contribution in [3.8, 4) is 11.8 Å². The minimum atomic E-state index is -1.24. The molecule has 2 unspecified atom stereocenters. The number of hydrogen-bond acceptors (Lipinski definition) is 6. The van der Waals surface area contributed by atoms with Gasteiger partial charge in [-0.3, -0.25) is 14.4 Å². The molecular weight excluding hydrogens is 384 g/mol. The fourth-order valence-electron chi connectivity index (χ4n) is 2.08. The molecule has 1 heterocycles. The lowest BCUT2D eigenvalue weighted by atomic mass is 10.0. The summed E-state index contributed by atoms with van der Waals surface area (Å²) in [6.45, 7) is 3.03. The van der Waals surface area contributed by atoms with Gasteiger partial charge in [0.1, 0.15) is 18.8 Å². The third-order valence-electron chi connectivity index (χ3n) is 3.50. The molecule has 2 amide bonds. The standard InChI is InChI=1S/C18H24N4O5S/c1-12(2)16(17(26)19-11-15(24)25)22-14(23)8-6-4-5-7-13-9-20-18(21-10-13)28(3)27/h9-10,12,16H,4,6,8,11H2,1-3H3,(H,19,26)(H,22,23)(H,24,25). The number of carbonyl (C=O) groups is 3. The summed E-state index contributed by atoms with van der Waals surface area (Å²) in [5.74, 6) is 3.61. The van der Waals surface area contributed by atoms with Crippen LogP contribution in [0.3, 0.4) is 0 Å². The molecule has 0 spiro atoms. The van der Waals surface area contributed by atoms with E-state index in [2.05, 4.69) is 32.4 Å². The lowest BCUT2D eigenvalue weighted by Gasteiger charge is -2.21. The summed E-state index contributed by atoms with van der Waals surface area (Å²) in [6, 6.07) is -0.794. The van der Waals surface area contributed by atoms with Gasteiger partial charge in [-0.05, 0) is 12.3 Å². The first-order valence-electron chi connectivity index (χ1n) is 8.64. The van der Waals surface area contributed by atoms with E-state index in [1.807, 2.05) is 0 Å². The van der Waals surface area contributed by atoms with Crippen LogP contribution < -0.4 is 10.6 Å². The fraction of sp³-hybridized carbons (Fsp3) is 0.500. The summed E-state index contributed by atoms with van der Waals surface area (Å²) in [5, 5.41) is 13.8. The zero-order chi connectivity index (χ0) is 21.1. The van der Waals surface area contributed by atoms with Crippen molar-refractivity contribution in [3.63, 3.8) is 0 Å². The van der Waals surface area contributed by atoms with E-state index in [9.17, 15) is 18.9 Å². The molecule has 1 aromatic heterocycles. The second-order valence-electron chi connectivity index (χ2n) is 6.26. The second kappa shape index (κ2) is 11.9. The average Bonchev–Trinajstić information content (AvgIpc) is 2.64. The van der Waals surface area contributed by atoms with E-state index in [0.717, 1.165) is 0 Å². The highest BCUT2D eigenvalue weighted by molar-refractivity contribution is 7.90. The van der Waals surface area contributed by atoms with Gasteiger partial charge in [-0.15, -0.1) is 0 Å². The minimum Gasteiger partial charge on any atom is -0.609 e. The Morgan fingerprint density at radius 1 is 1.29 bits per heavy atom. The maximum Gasteiger partial charge on any atom is 0.342 e. The van der Waals surface area contributed by atoms with Gasteiger partial charge in [-0.1, -0.05) is 25.7 Å². The van der Waals surface area contributed by atoms with Crippen molar-refractivity contribution >= 4 is 29.0 Å². The summed E-state index contributed by atoms with van der Waals surface area (Å²) >= 11 is -1.24. The zero-order valence-corrected chi connectivity index (χ0v) is 16.8. The minimum absolute atomic E-state index is 0.182.